The standard InChI is InChI=1S/C26H25N3O2/c1-17-12-14-29(24-6-4-3-5-23(24)28-17)26(30)20-7-9-21(25(16-20)31-2)18-8-10-22-19(15-18)11-13-27-22/h3-11,13,15-17,27-28H,12,14H2,1-2H3/t17-/m0/s1. The zero-order valence-corrected chi connectivity index (χ0v) is 17.7. The molecule has 0 radical (unpaired) electrons. The first-order chi connectivity index (χ1) is 15.1. The molecule has 5 nitrogen and oxygen atoms in total. The van der Waals surface area contributed by atoms with Gasteiger partial charge < -0.3 is 19.9 Å². The molecule has 0 spiro atoms. The number of nitrogens with one attached hydrogen (secondary N) is 2. The van der Waals surface area contributed by atoms with E-state index in [1.54, 1.807) is 7.11 Å². The van der Waals surface area contributed by atoms with Gasteiger partial charge in [-0.25, -0.2) is 0 Å². The van der Waals surface area contributed by atoms with Crippen LogP contribution in [0.2, 0.25) is 0 Å². The van der Waals surface area contributed by atoms with Crippen molar-refractivity contribution < 1.29 is 9.53 Å². The van der Waals surface area contributed by atoms with Gasteiger partial charge >= 0.3 is 0 Å². The number of methoxy groups -OCH3 is 1. The average Bonchev–Trinajstić information content (AvgIpc) is 3.20. The molecule has 5 rings (SSSR count). The third kappa shape index (κ3) is 3.52. The smallest absolute Gasteiger partial charge is 0.258 e. The molecular formula is C26H25N3O2. The van der Waals surface area contributed by atoms with E-state index < -0.39 is 0 Å². The molecule has 0 bridgehead atoms. The summed E-state index contributed by atoms with van der Waals surface area (Å²) in [5.74, 6) is 0.671. The maximum absolute atomic E-state index is 13.5. The third-order valence-corrected chi connectivity index (χ3v) is 5.94. The Hall–Kier alpha value is -3.73. The number of amides is 1. The number of ether oxygens (including phenoxy) is 1. The topological polar surface area (TPSA) is 57.4 Å². The van der Waals surface area contributed by atoms with Crippen LogP contribution in [-0.2, 0) is 0 Å². The second-order valence-corrected chi connectivity index (χ2v) is 8.00. The van der Waals surface area contributed by atoms with E-state index in [9.17, 15) is 4.79 Å². The molecule has 4 aromatic rings. The van der Waals surface area contributed by atoms with E-state index in [4.69, 9.17) is 4.74 Å². The molecule has 2 N–H and O–H groups in total. The fraction of sp³-hybridized carbons (Fsp3) is 0.192. The first-order valence-corrected chi connectivity index (χ1v) is 10.6. The van der Waals surface area contributed by atoms with Crippen molar-refractivity contribution in [3.05, 3.63) is 78.5 Å². The van der Waals surface area contributed by atoms with Crippen molar-refractivity contribution in [1.82, 2.24) is 4.98 Å². The van der Waals surface area contributed by atoms with Gasteiger partial charge in [-0.2, -0.15) is 0 Å². The Morgan fingerprint density at radius 1 is 1.06 bits per heavy atom. The van der Waals surface area contributed by atoms with Crippen LogP contribution in [0.4, 0.5) is 11.4 Å². The second-order valence-electron chi connectivity index (χ2n) is 8.00. The Balaban J connectivity index is 1.51. The summed E-state index contributed by atoms with van der Waals surface area (Å²) in [6, 6.07) is 22.3. The molecule has 0 unspecified atom stereocenters. The molecule has 1 aromatic heterocycles. The lowest BCUT2D eigenvalue weighted by Crippen LogP contribution is -2.32. The first-order valence-electron chi connectivity index (χ1n) is 10.6. The van der Waals surface area contributed by atoms with Gasteiger partial charge in [0, 0.05) is 35.4 Å². The van der Waals surface area contributed by atoms with Crippen molar-refractivity contribution in [3.8, 4) is 16.9 Å². The van der Waals surface area contributed by atoms with E-state index in [-0.39, 0.29) is 5.91 Å². The largest absolute Gasteiger partial charge is 0.496 e. The van der Waals surface area contributed by atoms with E-state index in [1.165, 1.54) is 0 Å². The van der Waals surface area contributed by atoms with Crippen LogP contribution in [0, 0.1) is 0 Å². The van der Waals surface area contributed by atoms with Crippen LogP contribution in [-0.4, -0.2) is 30.6 Å². The number of rotatable bonds is 3. The fourth-order valence-corrected chi connectivity index (χ4v) is 4.26. The number of para-hydroxylation sites is 2. The average molecular weight is 412 g/mol. The maximum Gasteiger partial charge on any atom is 0.258 e. The molecule has 5 heteroatoms. The summed E-state index contributed by atoms with van der Waals surface area (Å²) >= 11 is 0. The molecule has 156 valence electrons. The number of aromatic nitrogens is 1. The lowest BCUT2D eigenvalue weighted by molar-refractivity contribution is 0.0986. The highest BCUT2D eigenvalue weighted by Crippen LogP contribution is 2.35. The van der Waals surface area contributed by atoms with Gasteiger partial charge in [0.05, 0.1) is 18.5 Å². The molecule has 0 saturated carbocycles. The summed E-state index contributed by atoms with van der Waals surface area (Å²) in [7, 11) is 1.65. The fourth-order valence-electron chi connectivity index (χ4n) is 4.26. The number of hydrogen-bond acceptors (Lipinski definition) is 3. The van der Waals surface area contributed by atoms with Crippen molar-refractivity contribution in [2.24, 2.45) is 0 Å². The summed E-state index contributed by atoms with van der Waals surface area (Å²) in [5, 5.41) is 4.64. The van der Waals surface area contributed by atoms with Gasteiger partial charge in [0.15, 0.2) is 0 Å². The Kier molecular flexibility index (Phi) is 4.86. The van der Waals surface area contributed by atoms with Crippen molar-refractivity contribution >= 4 is 28.2 Å². The Labute approximate surface area is 181 Å². The molecule has 31 heavy (non-hydrogen) atoms. The predicted molar refractivity (Wildman–Crippen MR) is 126 cm³/mol. The van der Waals surface area contributed by atoms with Crippen LogP contribution in [0.1, 0.15) is 23.7 Å². The maximum atomic E-state index is 13.5. The van der Waals surface area contributed by atoms with Crippen molar-refractivity contribution in [3.63, 3.8) is 0 Å². The summed E-state index contributed by atoms with van der Waals surface area (Å²) in [4.78, 5) is 18.6. The van der Waals surface area contributed by atoms with Gasteiger partial charge in [0.25, 0.3) is 5.91 Å². The Morgan fingerprint density at radius 3 is 2.81 bits per heavy atom. The van der Waals surface area contributed by atoms with Gasteiger partial charge in [0.2, 0.25) is 0 Å². The zero-order chi connectivity index (χ0) is 21.4. The highest BCUT2D eigenvalue weighted by atomic mass is 16.5. The van der Waals surface area contributed by atoms with E-state index in [2.05, 4.69) is 41.5 Å². The number of carbonyl (C=O) groups is 1. The molecular weight excluding hydrogens is 386 g/mol. The quantitative estimate of drug-likeness (QED) is 0.455. The summed E-state index contributed by atoms with van der Waals surface area (Å²) < 4.78 is 5.69. The highest BCUT2D eigenvalue weighted by Gasteiger charge is 2.25. The normalized spacial score (nSPS) is 15.8. The number of fused-ring (bicyclic) bond motifs is 2. The number of carbonyl (C=O) groups excluding carboxylic acids is 1. The van der Waals surface area contributed by atoms with E-state index in [0.717, 1.165) is 39.8 Å². The minimum Gasteiger partial charge on any atom is -0.496 e. The summed E-state index contributed by atoms with van der Waals surface area (Å²) in [5.41, 5.74) is 5.64. The zero-order valence-electron chi connectivity index (χ0n) is 17.7. The van der Waals surface area contributed by atoms with Crippen molar-refractivity contribution in [1.29, 1.82) is 0 Å². The van der Waals surface area contributed by atoms with Gasteiger partial charge in [-0.15, -0.1) is 0 Å². The molecule has 0 aliphatic carbocycles. The first kappa shape index (κ1) is 19.2. The van der Waals surface area contributed by atoms with Crippen molar-refractivity contribution in [2.75, 3.05) is 23.9 Å². The molecule has 3 aromatic carbocycles. The Bertz CT molecular complexity index is 1260. The number of anilines is 2. The second kappa shape index (κ2) is 7.84. The predicted octanol–water partition coefficient (Wildman–Crippen LogP) is 5.69. The number of hydrogen-bond donors (Lipinski definition) is 2. The molecule has 1 aliphatic heterocycles. The van der Waals surface area contributed by atoms with Crippen molar-refractivity contribution in [2.45, 2.75) is 19.4 Å². The Morgan fingerprint density at radius 2 is 1.94 bits per heavy atom. The summed E-state index contributed by atoms with van der Waals surface area (Å²) in [6.07, 6.45) is 2.81. The SMILES string of the molecule is COc1cc(C(=O)N2CC[C@H](C)Nc3ccccc32)ccc1-c1ccc2[nH]ccc2c1. The van der Waals surface area contributed by atoms with Crippen LogP contribution in [0.5, 0.6) is 5.75 Å². The number of nitrogens with zero attached hydrogens (tertiary/aromatic N) is 1. The molecule has 1 atom stereocenters. The van der Waals surface area contributed by atoms with Crippen LogP contribution in [0.25, 0.3) is 22.0 Å². The van der Waals surface area contributed by atoms with Gasteiger partial charge in [-0.05, 0) is 72.8 Å². The number of aromatic amines is 1. The third-order valence-electron chi connectivity index (χ3n) is 5.94. The van der Waals surface area contributed by atoms with Crippen LogP contribution >= 0.6 is 0 Å². The molecule has 0 saturated heterocycles. The van der Waals surface area contributed by atoms with Crippen LogP contribution in [0.15, 0.2) is 72.9 Å². The monoisotopic (exact) mass is 411 g/mol. The van der Waals surface area contributed by atoms with Gasteiger partial charge in [-0.3, -0.25) is 4.79 Å². The number of H-pyrrole nitrogens is 1. The molecule has 1 aliphatic rings. The number of benzene rings is 3. The van der Waals surface area contributed by atoms with E-state index >= 15 is 0 Å². The molecule has 1 amide bonds. The lowest BCUT2D eigenvalue weighted by Gasteiger charge is -2.23. The molecule has 2 heterocycles. The minimum atomic E-state index is -0.0192. The van der Waals surface area contributed by atoms with E-state index in [0.29, 0.717) is 23.9 Å². The van der Waals surface area contributed by atoms with Crippen LogP contribution in [0.3, 0.4) is 0 Å². The molecule has 0 fully saturated rings. The minimum absolute atomic E-state index is 0.0192. The van der Waals surface area contributed by atoms with Gasteiger partial charge in [0.1, 0.15) is 5.75 Å². The highest BCUT2D eigenvalue weighted by molar-refractivity contribution is 6.08. The lowest BCUT2D eigenvalue weighted by atomic mass is 10.0. The van der Waals surface area contributed by atoms with Gasteiger partial charge in [-0.1, -0.05) is 18.2 Å². The summed E-state index contributed by atoms with van der Waals surface area (Å²) in [6.45, 7) is 2.81. The van der Waals surface area contributed by atoms with E-state index in [1.807, 2.05) is 53.6 Å². The van der Waals surface area contributed by atoms with Crippen LogP contribution < -0.4 is 15.0 Å².